The summed E-state index contributed by atoms with van der Waals surface area (Å²) >= 11 is 0. The van der Waals surface area contributed by atoms with Gasteiger partial charge in [-0.25, -0.2) is 4.98 Å². The topological polar surface area (TPSA) is 70.4 Å². The summed E-state index contributed by atoms with van der Waals surface area (Å²) in [4.78, 5) is 27.9. The van der Waals surface area contributed by atoms with Crippen LogP contribution in [0.25, 0.3) is 0 Å². The maximum atomic E-state index is 12.2. The van der Waals surface area contributed by atoms with Gasteiger partial charge in [-0.2, -0.15) is 0 Å². The van der Waals surface area contributed by atoms with E-state index in [2.05, 4.69) is 4.98 Å². The van der Waals surface area contributed by atoms with Crippen LogP contribution in [0.3, 0.4) is 0 Å². The minimum atomic E-state index is -0.244. The lowest BCUT2D eigenvalue weighted by Crippen LogP contribution is -2.24. The van der Waals surface area contributed by atoms with Gasteiger partial charge in [-0.15, -0.1) is 0 Å². The molecule has 0 unspecified atom stereocenters. The van der Waals surface area contributed by atoms with Crippen molar-refractivity contribution in [1.82, 2.24) is 9.55 Å². The zero-order chi connectivity index (χ0) is 14.1. The summed E-state index contributed by atoms with van der Waals surface area (Å²) in [6.07, 6.45) is 1.38. The molecule has 0 fully saturated rings. The number of nitrogens with zero attached hydrogens (tertiary/aromatic N) is 2. The van der Waals surface area contributed by atoms with Crippen molar-refractivity contribution in [2.75, 3.05) is 6.79 Å². The first-order chi connectivity index (χ1) is 9.63. The molecule has 0 amide bonds. The smallest absolute Gasteiger partial charge is 0.253 e. The van der Waals surface area contributed by atoms with E-state index < -0.39 is 0 Å². The Morgan fingerprint density at radius 1 is 1.30 bits per heavy atom. The van der Waals surface area contributed by atoms with Crippen LogP contribution in [0.4, 0.5) is 0 Å². The van der Waals surface area contributed by atoms with Crippen molar-refractivity contribution < 1.29 is 14.3 Å². The van der Waals surface area contributed by atoms with E-state index in [9.17, 15) is 9.59 Å². The summed E-state index contributed by atoms with van der Waals surface area (Å²) in [5, 5.41) is 0. The van der Waals surface area contributed by atoms with Gasteiger partial charge in [0, 0.05) is 17.3 Å². The standard InChI is InChI=1S/C14H12N2O4/c1-9-4-14(18)16(7-15-9)6-11(17)10-2-3-12-13(5-10)20-8-19-12/h2-5,7H,6,8H2,1H3. The van der Waals surface area contributed by atoms with E-state index in [1.54, 1.807) is 25.1 Å². The highest BCUT2D eigenvalue weighted by molar-refractivity contribution is 5.96. The molecule has 0 aliphatic carbocycles. The van der Waals surface area contributed by atoms with Crippen LogP contribution >= 0.6 is 0 Å². The molecule has 0 saturated carbocycles. The molecule has 0 radical (unpaired) electrons. The maximum absolute atomic E-state index is 12.2. The molecule has 6 nitrogen and oxygen atoms in total. The molecule has 2 aromatic rings. The molecule has 20 heavy (non-hydrogen) atoms. The van der Waals surface area contributed by atoms with Crippen molar-refractivity contribution in [2.45, 2.75) is 13.5 Å². The number of hydrogen-bond acceptors (Lipinski definition) is 5. The van der Waals surface area contributed by atoms with Gasteiger partial charge in [-0.3, -0.25) is 14.2 Å². The van der Waals surface area contributed by atoms with Gasteiger partial charge in [0.25, 0.3) is 5.56 Å². The van der Waals surface area contributed by atoms with Gasteiger partial charge in [0.05, 0.1) is 12.9 Å². The first kappa shape index (κ1) is 12.4. The highest BCUT2D eigenvalue weighted by atomic mass is 16.7. The van der Waals surface area contributed by atoms with Crippen molar-refractivity contribution in [3.63, 3.8) is 0 Å². The Labute approximate surface area is 114 Å². The van der Waals surface area contributed by atoms with E-state index in [0.717, 1.165) is 0 Å². The Bertz CT molecular complexity index is 736. The Morgan fingerprint density at radius 2 is 2.10 bits per heavy atom. The highest BCUT2D eigenvalue weighted by Crippen LogP contribution is 2.32. The Kier molecular flexibility index (Phi) is 2.98. The van der Waals surface area contributed by atoms with Gasteiger partial charge in [0.1, 0.15) is 0 Å². The van der Waals surface area contributed by atoms with Crippen LogP contribution in [0.15, 0.2) is 35.4 Å². The van der Waals surface area contributed by atoms with Crippen LogP contribution in [-0.2, 0) is 6.54 Å². The number of carbonyl (C=O) groups excluding carboxylic acids is 1. The molecule has 0 atom stereocenters. The first-order valence-electron chi connectivity index (χ1n) is 6.09. The number of ether oxygens (including phenoxy) is 2. The predicted molar refractivity (Wildman–Crippen MR) is 70.1 cm³/mol. The maximum Gasteiger partial charge on any atom is 0.253 e. The van der Waals surface area contributed by atoms with E-state index in [-0.39, 0.29) is 24.7 Å². The SMILES string of the molecule is Cc1cc(=O)n(CC(=O)c2ccc3c(c2)OCO3)cn1. The fraction of sp³-hybridized carbons (Fsp3) is 0.214. The normalized spacial score (nSPS) is 12.4. The summed E-state index contributed by atoms with van der Waals surface area (Å²) < 4.78 is 11.7. The number of benzene rings is 1. The first-order valence-corrected chi connectivity index (χ1v) is 6.09. The van der Waals surface area contributed by atoms with E-state index >= 15 is 0 Å². The van der Waals surface area contributed by atoms with Gasteiger partial charge in [0.15, 0.2) is 17.3 Å². The van der Waals surface area contributed by atoms with Crippen molar-refractivity contribution in [2.24, 2.45) is 0 Å². The summed E-state index contributed by atoms with van der Waals surface area (Å²) in [7, 11) is 0. The molecule has 102 valence electrons. The second-order valence-electron chi connectivity index (χ2n) is 4.49. The van der Waals surface area contributed by atoms with Crippen molar-refractivity contribution >= 4 is 5.78 Å². The Morgan fingerprint density at radius 3 is 2.90 bits per heavy atom. The second-order valence-corrected chi connectivity index (χ2v) is 4.49. The van der Waals surface area contributed by atoms with Gasteiger partial charge < -0.3 is 9.47 Å². The van der Waals surface area contributed by atoms with Gasteiger partial charge >= 0.3 is 0 Å². The summed E-state index contributed by atoms with van der Waals surface area (Å²) in [5.41, 5.74) is 0.857. The Hall–Kier alpha value is -2.63. The van der Waals surface area contributed by atoms with Gasteiger partial charge in [0.2, 0.25) is 6.79 Å². The summed E-state index contributed by atoms with van der Waals surface area (Å²) in [5.74, 6) is 0.983. The number of aryl methyl sites for hydroxylation is 1. The molecule has 0 N–H and O–H groups in total. The molecular formula is C14H12N2O4. The minimum absolute atomic E-state index is 0.0498. The number of aromatic nitrogens is 2. The van der Waals surface area contributed by atoms with Crippen molar-refractivity contribution in [3.8, 4) is 11.5 Å². The lowest BCUT2D eigenvalue weighted by Gasteiger charge is -2.05. The molecule has 0 bridgehead atoms. The quantitative estimate of drug-likeness (QED) is 0.784. The van der Waals surface area contributed by atoms with Crippen molar-refractivity contribution in [3.05, 3.63) is 52.2 Å². The fourth-order valence-corrected chi connectivity index (χ4v) is 1.95. The average Bonchev–Trinajstić information content (AvgIpc) is 2.89. The molecule has 0 saturated heterocycles. The molecule has 1 aliphatic rings. The number of carbonyl (C=O) groups is 1. The second kappa shape index (κ2) is 4.80. The molecule has 1 aromatic heterocycles. The number of fused-ring (bicyclic) bond motifs is 1. The number of hydrogen-bond donors (Lipinski definition) is 0. The molecule has 2 heterocycles. The molecule has 6 heteroatoms. The lowest BCUT2D eigenvalue weighted by atomic mass is 10.1. The van der Waals surface area contributed by atoms with Crippen LogP contribution in [-0.4, -0.2) is 22.1 Å². The largest absolute Gasteiger partial charge is 0.454 e. The van der Waals surface area contributed by atoms with Crippen LogP contribution in [0.1, 0.15) is 16.1 Å². The van der Waals surface area contributed by atoms with Gasteiger partial charge in [-0.1, -0.05) is 0 Å². The van der Waals surface area contributed by atoms with Crippen LogP contribution in [0, 0.1) is 6.92 Å². The van der Waals surface area contributed by atoms with Crippen LogP contribution in [0.2, 0.25) is 0 Å². The predicted octanol–water partition coefficient (Wildman–Crippen LogP) is 1.16. The summed E-state index contributed by atoms with van der Waals surface area (Å²) in [6, 6.07) is 6.36. The lowest BCUT2D eigenvalue weighted by molar-refractivity contribution is 0.0970. The third-order valence-corrected chi connectivity index (χ3v) is 3.02. The van der Waals surface area contributed by atoms with Gasteiger partial charge in [-0.05, 0) is 25.1 Å². The third-order valence-electron chi connectivity index (χ3n) is 3.02. The zero-order valence-corrected chi connectivity index (χ0v) is 10.8. The van der Waals surface area contributed by atoms with Crippen LogP contribution in [0.5, 0.6) is 11.5 Å². The summed E-state index contributed by atoms with van der Waals surface area (Å²) in [6.45, 7) is 1.84. The molecular weight excluding hydrogens is 260 g/mol. The molecule has 1 aliphatic heterocycles. The Balaban J connectivity index is 1.84. The van der Waals surface area contributed by atoms with E-state index in [4.69, 9.17) is 9.47 Å². The molecule has 1 aromatic carbocycles. The van der Waals surface area contributed by atoms with E-state index in [1.807, 2.05) is 0 Å². The number of rotatable bonds is 3. The van der Waals surface area contributed by atoms with E-state index in [1.165, 1.54) is 17.0 Å². The number of Topliss-reactive ketones (excluding diaryl/α,β-unsaturated/α-hetero) is 1. The third kappa shape index (κ3) is 2.27. The number of ketones is 1. The molecule has 0 spiro atoms. The fourth-order valence-electron chi connectivity index (χ4n) is 1.95. The van der Waals surface area contributed by atoms with Crippen LogP contribution < -0.4 is 15.0 Å². The minimum Gasteiger partial charge on any atom is -0.454 e. The zero-order valence-electron chi connectivity index (χ0n) is 10.8. The van der Waals surface area contributed by atoms with Crippen molar-refractivity contribution in [1.29, 1.82) is 0 Å². The highest BCUT2D eigenvalue weighted by Gasteiger charge is 2.16. The van der Waals surface area contributed by atoms with E-state index in [0.29, 0.717) is 22.8 Å². The average molecular weight is 272 g/mol. The molecule has 3 rings (SSSR count). The monoisotopic (exact) mass is 272 g/mol.